The quantitative estimate of drug-likeness (QED) is 0.559. The highest BCUT2D eigenvalue weighted by molar-refractivity contribution is 6.31. The van der Waals surface area contributed by atoms with Gasteiger partial charge in [-0.1, -0.05) is 11.6 Å². The molecule has 2 heterocycles. The van der Waals surface area contributed by atoms with Crippen LogP contribution in [-0.2, 0) is 22.4 Å². The lowest BCUT2D eigenvalue weighted by atomic mass is 9.88. The average Bonchev–Trinajstić information content (AvgIpc) is 2.97. The summed E-state index contributed by atoms with van der Waals surface area (Å²) in [6.45, 7) is 7.14. The van der Waals surface area contributed by atoms with Crippen molar-refractivity contribution in [1.82, 2.24) is 9.88 Å². The molecule has 0 aliphatic carbocycles. The van der Waals surface area contributed by atoms with E-state index in [2.05, 4.69) is 4.98 Å². The summed E-state index contributed by atoms with van der Waals surface area (Å²) in [5, 5.41) is 10.3. The van der Waals surface area contributed by atoms with E-state index < -0.39 is 47.1 Å². The average molecular weight is 504 g/mol. The van der Waals surface area contributed by atoms with Crippen LogP contribution in [0.15, 0.2) is 24.3 Å². The van der Waals surface area contributed by atoms with Crippen molar-refractivity contribution >= 4 is 17.7 Å². The monoisotopic (exact) mass is 503 g/mol. The second kappa shape index (κ2) is 8.35. The molecule has 1 aliphatic rings. The largest absolute Gasteiger partial charge is 0.444 e. The van der Waals surface area contributed by atoms with Crippen LogP contribution >= 0.6 is 11.6 Å². The molecule has 1 amide bonds. The van der Waals surface area contributed by atoms with Crippen LogP contribution in [0.3, 0.4) is 0 Å². The fourth-order valence-electron chi connectivity index (χ4n) is 3.85. The minimum atomic E-state index is -5.13. The number of nitrogens with two attached hydrogens (primary N) is 1. The van der Waals surface area contributed by atoms with Crippen LogP contribution in [0, 0.1) is 5.82 Å². The fourth-order valence-corrected chi connectivity index (χ4v) is 4.03. The molecule has 3 rings (SSSR count). The van der Waals surface area contributed by atoms with Gasteiger partial charge in [0.1, 0.15) is 11.4 Å². The van der Waals surface area contributed by atoms with Crippen molar-refractivity contribution in [2.24, 2.45) is 5.73 Å². The van der Waals surface area contributed by atoms with E-state index in [1.807, 2.05) is 0 Å². The Morgan fingerprint density at radius 2 is 1.88 bits per heavy atom. The van der Waals surface area contributed by atoms with Gasteiger partial charge in [-0.15, -0.1) is 0 Å². The zero-order chi connectivity index (χ0) is 25.9. The van der Waals surface area contributed by atoms with Crippen molar-refractivity contribution in [2.75, 3.05) is 6.54 Å². The Kier molecular flexibility index (Phi) is 6.43. The van der Waals surface area contributed by atoms with Gasteiger partial charge in [-0.25, -0.2) is 14.2 Å². The molecule has 11 heteroatoms. The lowest BCUT2D eigenvalue weighted by molar-refractivity contribution is -0.263. The number of benzene rings is 1. The molecule has 0 spiro atoms. The van der Waals surface area contributed by atoms with E-state index in [1.54, 1.807) is 34.6 Å². The van der Waals surface area contributed by atoms with Crippen LogP contribution in [0.2, 0.25) is 5.02 Å². The number of rotatable bonds is 3. The zero-order valence-corrected chi connectivity index (χ0v) is 20.1. The highest BCUT2D eigenvalue weighted by Gasteiger charge is 2.56. The number of halogens is 5. The number of ether oxygens (including phenoxy) is 1. The Morgan fingerprint density at radius 3 is 2.38 bits per heavy atom. The second-order valence-electron chi connectivity index (χ2n) is 9.70. The van der Waals surface area contributed by atoms with Crippen molar-refractivity contribution in [3.05, 3.63) is 51.9 Å². The van der Waals surface area contributed by atoms with Crippen LogP contribution in [0.4, 0.5) is 22.4 Å². The maximum Gasteiger partial charge on any atom is 0.424 e. The number of hydrogen-bond donors (Lipinski definition) is 2. The maximum absolute atomic E-state index is 13.9. The molecule has 0 saturated heterocycles. The first-order valence-electron chi connectivity index (χ1n) is 10.4. The van der Waals surface area contributed by atoms with Gasteiger partial charge in [-0.3, -0.25) is 4.90 Å². The van der Waals surface area contributed by atoms with Gasteiger partial charge >= 0.3 is 12.3 Å². The summed E-state index contributed by atoms with van der Waals surface area (Å²) in [5.74, 6) is -0.720. The van der Waals surface area contributed by atoms with Crippen molar-refractivity contribution in [1.29, 1.82) is 0 Å². The van der Waals surface area contributed by atoms with Gasteiger partial charge in [0.25, 0.3) is 0 Å². The number of alkyl halides is 3. The molecule has 2 aromatic rings. The highest BCUT2D eigenvalue weighted by atomic mass is 35.5. The number of hydrogen-bond acceptors (Lipinski definition) is 5. The summed E-state index contributed by atoms with van der Waals surface area (Å²) >= 11 is 5.92. The summed E-state index contributed by atoms with van der Waals surface area (Å²) in [4.78, 5) is 18.4. The third kappa shape index (κ3) is 4.46. The van der Waals surface area contributed by atoms with Gasteiger partial charge in [0.05, 0.1) is 28.5 Å². The standard InChI is InChI=1S/C23H26ClF4N3O3/c1-20(2,3)34-19(32)31-10-13-14(21(31,4)5)9-17(22(33,11-29)23(26,27)28)30-18(13)12-6-7-16(25)15(24)8-12/h6-9,33H,10-11,29H2,1-5H3. The number of aromatic nitrogens is 1. The van der Waals surface area contributed by atoms with Gasteiger partial charge in [0, 0.05) is 17.7 Å². The molecule has 0 bridgehead atoms. The normalized spacial score (nSPS) is 17.4. The second-order valence-corrected chi connectivity index (χ2v) is 10.1. The maximum atomic E-state index is 13.9. The third-order valence-electron chi connectivity index (χ3n) is 5.77. The lowest BCUT2D eigenvalue weighted by Crippen LogP contribution is -2.49. The van der Waals surface area contributed by atoms with Gasteiger partial charge in [-0.05, 0) is 64.4 Å². The molecule has 1 aromatic carbocycles. The molecule has 1 aromatic heterocycles. The Labute approximate surface area is 199 Å². The SMILES string of the molecule is CC(C)(C)OC(=O)N1Cc2c(cc(C(O)(CN)C(F)(F)F)nc2-c2ccc(F)c(Cl)c2)C1(C)C. The molecule has 0 radical (unpaired) electrons. The van der Waals surface area contributed by atoms with E-state index >= 15 is 0 Å². The molecule has 34 heavy (non-hydrogen) atoms. The predicted octanol–water partition coefficient (Wildman–Crippen LogP) is 5.24. The summed E-state index contributed by atoms with van der Waals surface area (Å²) in [7, 11) is 0. The van der Waals surface area contributed by atoms with Crippen molar-refractivity contribution < 1.29 is 32.2 Å². The number of carbonyl (C=O) groups excluding carboxylic acids is 1. The Bertz CT molecular complexity index is 1130. The molecule has 0 saturated carbocycles. The van der Waals surface area contributed by atoms with Crippen molar-refractivity contribution in [3.63, 3.8) is 0 Å². The minimum absolute atomic E-state index is 0.0182. The van der Waals surface area contributed by atoms with E-state index in [1.165, 1.54) is 17.0 Å². The summed E-state index contributed by atoms with van der Waals surface area (Å²) < 4.78 is 60.8. The molecule has 1 unspecified atom stereocenters. The van der Waals surface area contributed by atoms with E-state index in [0.29, 0.717) is 11.1 Å². The van der Waals surface area contributed by atoms with Gasteiger partial charge < -0.3 is 15.6 Å². The first kappa shape index (κ1) is 26.2. The molecular formula is C23H26ClF4N3O3. The smallest absolute Gasteiger partial charge is 0.424 e. The highest BCUT2D eigenvalue weighted by Crippen LogP contribution is 2.46. The van der Waals surface area contributed by atoms with Crippen LogP contribution in [0.25, 0.3) is 11.3 Å². The Hall–Kier alpha value is -2.43. The number of amides is 1. The number of nitrogens with zero attached hydrogens (tertiary/aromatic N) is 2. The molecule has 6 nitrogen and oxygen atoms in total. The molecule has 1 aliphatic heterocycles. The molecule has 3 N–H and O–H groups in total. The fraction of sp³-hybridized carbons (Fsp3) is 0.478. The number of pyridine rings is 1. The summed E-state index contributed by atoms with van der Waals surface area (Å²) in [5.41, 5.74) is 0.190. The number of fused-ring (bicyclic) bond motifs is 1. The van der Waals surface area contributed by atoms with Gasteiger partial charge in [0.15, 0.2) is 0 Å². The molecular weight excluding hydrogens is 478 g/mol. The van der Waals surface area contributed by atoms with Crippen LogP contribution in [0.1, 0.15) is 51.4 Å². The number of aliphatic hydroxyl groups is 1. The summed E-state index contributed by atoms with van der Waals surface area (Å²) in [6.07, 6.45) is -5.81. The first-order chi connectivity index (χ1) is 15.4. The predicted molar refractivity (Wildman–Crippen MR) is 118 cm³/mol. The van der Waals surface area contributed by atoms with Crippen LogP contribution in [-0.4, -0.2) is 39.4 Å². The Balaban J connectivity index is 2.29. The Morgan fingerprint density at radius 1 is 1.26 bits per heavy atom. The van der Waals surface area contributed by atoms with Gasteiger partial charge in [-0.2, -0.15) is 13.2 Å². The topological polar surface area (TPSA) is 88.7 Å². The summed E-state index contributed by atoms with van der Waals surface area (Å²) in [6, 6.07) is 4.70. The zero-order valence-electron chi connectivity index (χ0n) is 19.3. The third-order valence-corrected chi connectivity index (χ3v) is 6.06. The van der Waals surface area contributed by atoms with E-state index in [0.717, 1.165) is 12.1 Å². The number of carbonyl (C=O) groups is 1. The van der Waals surface area contributed by atoms with Gasteiger partial charge in [0.2, 0.25) is 5.60 Å². The molecule has 0 fully saturated rings. The lowest BCUT2D eigenvalue weighted by Gasteiger charge is -2.34. The van der Waals surface area contributed by atoms with Crippen molar-refractivity contribution in [3.8, 4) is 11.3 Å². The van der Waals surface area contributed by atoms with Crippen molar-refractivity contribution in [2.45, 2.75) is 64.1 Å². The van der Waals surface area contributed by atoms with Crippen LogP contribution in [0.5, 0.6) is 0 Å². The van der Waals surface area contributed by atoms with E-state index in [-0.39, 0.29) is 22.8 Å². The minimum Gasteiger partial charge on any atom is -0.444 e. The molecule has 186 valence electrons. The first-order valence-corrected chi connectivity index (χ1v) is 10.8. The van der Waals surface area contributed by atoms with Crippen LogP contribution < -0.4 is 5.73 Å². The van der Waals surface area contributed by atoms with E-state index in [9.17, 15) is 27.5 Å². The molecule has 1 atom stereocenters. The van der Waals surface area contributed by atoms with E-state index in [4.69, 9.17) is 22.1 Å².